The van der Waals surface area contributed by atoms with Crippen molar-refractivity contribution in [1.29, 1.82) is 0 Å². The summed E-state index contributed by atoms with van der Waals surface area (Å²) in [6.45, 7) is 5.12. The average molecular weight is 186 g/mol. The van der Waals surface area contributed by atoms with Gasteiger partial charge in [0.25, 0.3) is 0 Å². The molecule has 1 rings (SSSR count). The minimum atomic E-state index is -0.443. The van der Waals surface area contributed by atoms with Crippen LogP contribution in [-0.2, 0) is 9.53 Å². The van der Waals surface area contributed by atoms with Gasteiger partial charge >= 0.3 is 5.97 Å². The molecule has 0 amide bonds. The third kappa shape index (κ3) is 2.42. The molecule has 1 aliphatic heterocycles. The van der Waals surface area contributed by atoms with Crippen LogP contribution >= 0.6 is 0 Å². The van der Waals surface area contributed by atoms with E-state index in [-0.39, 0.29) is 11.9 Å². The molecule has 2 atom stereocenters. The molecule has 0 aromatic heterocycles. The number of nitrogens with two attached hydrogens (primary N) is 1. The van der Waals surface area contributed by atoms with Gasteiger partial charge in [-0.25, -0.2) is 0 Å². The molecule has 0 aliphatic carbocycles. The zero-order valence-corrected chi connectivity index (χ0v) is 8.32. The van der Waals surface area contributed by atoms with Crippen LogP contribution in [0.2, 0.25) is 0 Å². The molecule has 0 aromatic rings. The number of nitrogens with zero attached hydrogens (tertiary/aromatic N) is 1. The second-order valence-electron chi connectivity index (χ2n) is 3.49. The Labute approximate surface area is 79.0 Å². The normalized spacial score (nSPS) is 25.9. The van der Waals surface area contributed by atoms with Gasteiger partial charge in [-0.3, -0.25) is 4.79 Å². The first-order chi connectivity index (χ1) is 6.19. The molecular formula is C9H18N2O2. The number of hydrogen-bond acceptors (Lipinski definition) is 4. The lowest BCUT2D eigenvalue weighted by Gasteiger charge is -2.17. The van der Waals surface area contributed by atoms with Crippen LogP contribution in [0.15, 0.2) is 0 Å². The fourth-order valence-electron chi connectivity index (χ4n) is 1.77. The van der Waals surface area contributed by atoms with E-state index in [1.54, 1.807) is 0 Å². The second kappa shape index (κ2) is 4.58. The van der Waals surface area contributed by atoms with Crippen molar-refractivity contribution in [1.82, 2.24) is 4.90 Å². The molecule has 0 radical (unpaired) electrons. The lowest BCUT2D eigenvalue weighted by atomic mass is 10.0. The molecule has 13 heavy (non-hydrogen) atoms. The van der Waals surface area contributed by atoms with Crippen LogP contribution in [0.5, 0.6) is 0 Å². The summed E-state index contributed by atoms with van der Waals surface area (Å²) < 4.78 is 4.61. The van der Waals surface area contributed by atoms with Crippen molar-refractivity contribution in [3.8, 4) is 0 Å². The predicted molar refractivity (Wildman–Crippen MR) is 50.2 cm³/mol. The Morgan fingerprint density at radius 1 is 1.77 bits per heavy atom. The van der Waals surface area contributed by atoms with Crippen LogP contribution in [0.4, 0.5) is 0 Å². The Bertz CT molecular complexity index is 184. The monoisotopic (exact) mass is 186 g/mol. The zero-order valence-electron chi connectivity index (χ0n) is 8.32. The standard InChI is InChI=1S/C9H18N2O2/c1-3-11-5-4-7(6-11)8(10)9(12)13-2/h7-8H,3-6,10H2,1-2H3. The van der Waals surface area contributed by atoms with Crippen molar-refractivity contribution in [3.05, 3.63) is 0 Å². The molecule has 0 bridgehead atoms. The number of ether oxygens (including phenoxy) is 1. The fourth-order valence-corrected chi connectivity index (χ4v) is 1.77. The number of carbonyl (C=O) groups excluding carboxylic acids is 1. The molecule has 1 aliphatic rings. The van der Waals surface area contributed by atoms with Gasteiger partial charge in [-0.05, 0) is 25.4 Å². The molecule has 2 N–H and O–H groups in total. The molecule has 4 heteroatoms. The predicted octanol–water partition coefficient (Wildman–Crippen LogP) is -0.171. The van der Waals surface area contributed by atoms with Crippen molar-refractivity contribution in [2.75, 3.05) is 26.7 Å². The van der Waals surface area contributed by atoms with Gasteiger partial charge in [0.2, 0.25) is 0 Å². The van der Waals surface area contributed by atoms with Gasteiger partial charge in [0.1, 0.15) is 6.04 Å². The maximum Gasteiger partial charge on any atom is 0.322 e. The third-order valence-electron chi connectivity index (χ3n) is 2.74. The first-order valence-electron chi connectivity index (χ1n) is 4.74. The number of likely N-dealkylation sites (tertiary alicyclic amines) is 1. The van der Waals surface area contributed by atoms with Gasteiger partial charge in [-0.1, -0.05) is 6.92 Å². The minimum absolute atomic E-state index is 0.271. The highest BCUT2D eigenvalue weighted by atomic mass is 16.5. The van der Waals surface area contributed by atoms with Crippen LogP contribution in [0.3, 0.4) is 0 Å². The second-order valence-corrected chi connectivity index (χ2v) is 3.49. The summed E-state index contributed by atoms with van der Waals surface area (Å²) >= 11 is 0. The lowest BCUT2D eigenvalue weighted by Crippen LogP contribution is -2.40. The Balaban J connectivity index is 2.41. The Kier molecular flexibility index (Phi) is 3.69. The van der Waals surface area contributed by atoms with E-state index in [4.69, 9.17) is 5.73 Å². The number of hydrogen-bond donors (Lipinski definition) is 1. The maximum atomic E-state index is 11.1. The van der Waals surface area contributed by atoms with Gasteiger partial charge in [0.05, 0.1) is 7.11 Å². The molecule has 1 saturated heterocycles. The molecule has 1 heterocycles. The maximum absolute atomic E-state index is 11.1. The molecule has 0 spiro atoms. The lowest BCUT2D eigenvalue weighted by molar-refractivity contribution is -0.143. The molecule has 0 aromatic carbocycles. The first kappa shape index (κ1) is 10.5. The van der Waals surface area contributed by atoms with Crippen LogP contribution in [-0.4, -0.2) is 43.7 Å². The van der Waals surface area contributed by atoms with E-state index in [0.717, 1.165) is 26.1 Å². The van der Waals surface area contributed by atoms with Crippen LogP contribution in [0.1, 0.15) is 13.3 Å². The van der Waals surface area contributed by atoms with E-state index in [9.17, 15) is 4.79 Å². The molecule has 1 fully saturated rings. The SMILES string of the molecule is CCN1CCC(C(N)C(=O)OC)C1. The minimum Gasteiger partial charge on any atom is -0.468 e. The first-order valence-corrected chi connectivity index (χ1v) is 4.74. The van der Waals surface area contributed by atoms with Crippen molar-refractivity contribution < 1.29 is 9.53 Å². The Morgan fingerprint density at radius 3 is 2.92 bits per heavy atom. The molecule has 76 valence electrons. The zero-order chi connectivity index (χ0) is 9.84. The van der Waals surface area contributed by atoms with E-state index in [0.29, 0.717) is 0 Å². The largest absolute Gasteiger partial charge is 0.468 e. The highest BCUT2D eigenvalue weighted by Gasteiger charge is 2.31. The molecule has 2 unspecified atom stereocenters. The summed E-state index contributed by atoms with van der Waals surface area (Å²) in [7, 11) is 1.38. The topological polar surface area (TPSA) is 55.6 Å². The van der Waals surface area contributed by atoms with E-state index >= 15 is 0 Å². The number of rotatable bonds is 3. The van der Waals surface area contributed by atoms with Gasteiger partial charge in [-0.2, -0.15) is 0 Å². The van der Waals surface area contributed by atoms with Crippen molar-refractivity contribution in [2.45, 2.75) is 19.4 Å². The van der Waals surface area contributed by atoms with E-state index in [2.05, 4.69) is 16.6 Å². The van der Waals surface area contributed by atoms with Gasteiger partial charge in [0, 0.05) is 6.54 Å². The van der Waals surface area contributed by atoms with E-state index in [1.807, 2.05) is 0 Å². The number of carbonyl (C=O) groups is 1. The summed E-state index contributed by atoms with van der Waals surface area (Å²) in [6.07, 6.45) is 1.00. The average Bonchev–Trinajstić information content (AvgIpc) is 2.63. The van der Waals surface area contributed by atoms with E-state index in [1.165, 1.54) is 7.11 Å². The fraction of sp³-hybridized carbons (Fsp3) is 0.889. The molecule has 0 saturated carbocycles. The van der Waals surface area contributed by atoms with Crippen LogP contribution in [0, 0.1) is 5.92 Å². The van der Waals surface area contributed by atoms with Gasteiger partial charge in [0.15, 0.2) is 0 Å². The summed E-state index contributed by atoms with van der Waals surface area (Å²) in [5.41, 5.74) is 5.75. The smallest absolute Gasteiger partial charge is 0.322 e. The summed E-state index contributed by atoms with van der Waals surface area (Å²) in [5.74, 6) is -0.0182. The Morgan fingerprint density at radius 2 is 2.46 bits per heavy atom. The van der Waals surface area contributed by atoms with Gasteiger partial charge < -0.3 is 15.4 Å². The van der Waals surface area contributed by atoms with Crippen LogP contribution in [0.25, 0.3) is 0 Å². The summed E-state index contributed by atoms with van der Waals surface area (Å²) in [4.78, 5) is 13.4. The molecule has 4 nitrogen and oxygen atoms in total. The van der Waals surface area contributed by atoms with Gasteiger partial charge in [-0.15, -0.1) is 0 Å². The third-order valence-corrected chi connectivity index (χ3v) is 2.74. The summed E-state index contributed by atoms with van der Waals surface area (Å²) in [5, 5.41) is 0. The quantitative estimate of drug-likeness (QED) is 0.622. The molecular weight excluding hydrogens is 168 g/mol. The summed E-state index contributed by atoms with van der Waals surface area (Å²) in [6, 6.07) is -0.443. The van der Waals surface area contributed by atoms with Crippen molar-refractivity contribution >= 4 is 5.97 Å². The van der Waals surface area contributed by atoms with Crippen molar-refractivity contribution in [2.24, 2.45) is 11.7 Å². The van der Waals surface area contributed by atoms with Crippen molar-refractivity contribution in [3.63, 3.8) is 0 Å². The van der Waals surface area contributed by atoms with E-state index < -0.39 is 6.04 Å². The Hall–Kier alpha value is -0.610. The highest BCUT2D eigenvalue weighted by Crippen LogP contribution is 2.18. The van der Waals surface area contributed by atoms with Crippen LogP contribution < -0.4 is 5.73 Å². The number of esters is 1. The number of methoxy groups -OCH3 is 1. The highest BCUT2D eigenvalue weighted by molar-refractivity contribution is 5.75.